The molecule has 0 rings (SSSR count). The summed E-state index contributed by atoms with van der Waals surface area (Å²) in [7, 11) is 0. The quantitative estimate of drug-likeness (QED) is 0.204. The molecule has 0 bridgehead atoms. The van der Waals surface area contributed by atoms with Crippen molar-refractivity contribution >= 4 is 22.8 Å². The topological polar surface area (TPSA) is 43.4 Å². The van der Waals surface area contributed by atoms with Crippen LogP contribution < -0.4 is 0 Å². The van der Waals surface area contributed by atoms with E-state index in [9.17, 15) is 9.59 Å². The molecule has 0 aromatic carbocycles. The second-order valence-electron chi connectivity index (χ2n) is 5.96. The number of carbonyl (C=O) groups is 2. The van der Waals surface area contributed by atoms with E-state index in [0.717, 1.165) is 12.8 Å². The third-order valence-electron chi connectivity index (χ3n) is 3.79. The first-order valence-corrected chi connectivity index (χ1v) is 9.38. The molecule has 0 amide bonds. The van der Waals surface area contributed by atoms with Crippen LogP contribution in [0.1, 0.15) is 96.8 Å². The molecule has 130 valence electrons. The summed E-state index contributed by atoms with van der Waals surface area (Å²) in [5.74, 6) is -0.322. The Hall–Kier alpha value is -0.570. The Kier molecular flexibility index (Phi) is 16.4. The van der Waals surface area contributed by atoms with E-state index in [0.29, 0.717) is 6.61 Å². The molecular weight excluding hydrogens is 300 g/mol. The van der Waals surface area contributed by atoms with Crippen molar-refractivity contribution in [2.24, 2.45) is 0 Å². The molecule has 0 saturated carbocycles. The first kappa shape index (κ1) is 21.4. The van der Waals surface area contributed by atoms with Gasteiger partial charge in [-0.05, 0) is 18.0 Å². The molecule has 0 unspecified atom stereocenters. The van der Waals surface area contributed by atoms with Crippen LogP contribution >= 0.6 is 11.6 Å². The maximum Gasteiger partial charge on any atom is 0.306 e. The lowest BCUT2D eigenvalue weighted by Gasteiger charge is -2.04. The number of unbranched alkanes of at least 4 members (excludes halogenated alkanes) is 11. The summed E-state index contributed by atoms with van der Waals surface area (Å²) in [5.41, 5.74) is 0. The second-order valence-corrected chi connectivity index (χ2v) is 6.39. The van der Waals surface area contributed by atoms with Crippen molar-refractivity contribution in [1.82, 2.24) is 0 Å². The van der Waals surface area contributed by atoms with Crippen molar-refractivity contribution in [3.05, 3.63) is 0 Å². The first-order valence-electron chi connectivity index (χ1n) is 9.00. The Balaban J connectivity index is 3.11. The van der Waals surface area contributed by atoms with Crippen LogP contribution in [0, 0.1) is 0 Å². The van der Waals surface area contributed by atoms with Gasteiger partial charge in [0.1, 0.15) is 0 Å². The maximum atomic E-state index is 11.2. The Morgan fingerprint density at radius 1 is 0.727 bits per heavy atom. The van der Waals surface area contributed by atoms with Gasteiger partial charge in [-0.3, -0.25) is 9.59 Å². The van der Waals surface area contributed by atoms with Crippen molar-refractivity contribution in [2.75, 3.05) is 6.61 Å². The van der Waals surface area contributed by atoms with Crippen molar-refractivity contribution < 1.29 is 14.3 Å². The van der Waals surface area contributed by atoms with Crippen LogP contribution in [-0.2, 0) is 14.3 Å². The minimum absolute atomic E-state index is 0.0683. The van der Waals surface area contributed by atoms with Gasteiger partial charge in [0.05, 0.1) is 13.0 Å². The summed E-state index contributed by atoms with van der Waals surface area (Å²) in [6.45, 7) is 2.72. The summed E-state index contributed by atoms with van der Waals surface area (Å²) in [6.07, 6.45) is 15.6. The average Bonchev–Trinajstić information content (AvgIpc) is 2.49. The Labute approximate surface area is 141 Å². The summed E-state index contributed by atoms with van der Waals surface area (Å²) in [4.78, 5) is 21.7. The summed E-state index contributed by atoms with van der Waals surface area (Å²) in [6, 6.07) is 0. The predicted molar refractivity (Wildman–Crippen MR) is 92.1 cm³/mol. The predicted octanol–water partition coefficient (Wildman–Crippen LogP) is 5.78. The number of hydrogen-bond donors (Lipinski definition) is 0. The molecule has 0 aromatic heterocycles. The van der Waals surface area contributed by atoms with E-state index >= 15 is 0 Å². The van der Waals surface area contributed by atoms with Gasteiger partial charge in [-0.1, -0.05) is 77.6 Å². The highest BCUT2D eigenvalue weighted by atomic mass is 35.5. The molecule has 0 aliphatic carbocycles. The van der Waals surface area contributed by atoms with Gasteiger partial charge in [0.2, 0.25) is 5.24 Å². The highest BCUT2D eigenvalue weighted by molar-refractivity contribution is 6.63. The van der Waals surface area contributed by atoms with Crippen molar-refractivity contribution in [3.63, 3.8) is 0 Å². The SMILES string of the molecule is CCCCCCCCCCCCCCOC(=O)CCC(=O)Cl. The highest BCUT2D eigenvalue weighted by Gasteiger charge is 2.05. The van der Waals surface area contributed by atoms with Crippen LogP contribution in [0.25, 0.3) is 0 Å². The average molecular weight is 333 g/mol. The van der Waals surface area contributed by atoms with Crippen LogP contribution in [0.15, 0.2) is 0 Å². The van der Waals surface area contributed by atoms with E-state index in [1.807, 2.05) is 0 Å². The fraction of sp³-hybridized carbons (Fsp3) is 0.889. The molecule has 0 fully saturated rings. The first-order chi connectivity index (χ1) is 10.7. The molecule has 0 aliphatic rings. The molecule has 0 heterocycles. The van der Waals surface area contributed by atoms with Crippen LogP contribution in [0.2, 0.25) is 0 Å². The Morgan fingerprint density at radius 3 is 1.64 bits per heavy atom. The number of carbonyl (C=O) groups excluding carboxylic acids is 2. The van der Waals surface area contributed by atoms with Crippen molar-refractivity contribution in [1.29, 1.82) is 0 Å². The molecule has 0 N–H and O–H groups in total. The highest BCUT2D eigenvalue weighted by Crippen LogP contribution is 2.12. The standard InChI is InChI=1S/C18H33ClO3/c1-2-3-4-5-6-7-8-9-10-11-12-13-16-22-18(21)15-14-17(19)20/h2-16H2,1H3. The molecule has 0 aromatic rings. The van der Waals surface area contributed by atoms with Gasteiger partial charge in [-0.15, -0.1) is 0 Å². The van der Waals surface area contributed by atoms with Gasteiger partial charge >= 0.3 is 5.97 Å². The molecular formula is C18H33ClO3. The molecule has 0 saturated heterocycles. The lowest BCUT2D eigenvalue weighted by Crippen LogP contribution is -2.06. The zero-order valence-corrected chi connectivity index (χ0v) is 15.0. The van der Waals surface area contributed by atoms with Crippen LogP contribution in [0.4, 0.5) is 0 Å². The maximum absolute atomic E-state index is 11.2. The van der Waals surface area contributed by atoms with E-state index in [4.69, 9.17) is 16.3 Å². The molecule has 22 heavy (non-hydrogen) atoms. The zero-order chi connectivity index (χ0) is 16.5. The van der Waals surface area contributed by atoms with Gasteiger partial charge in [-0.2, -0.15) is 0 Å². The number of hydrogen-bond acceptors (Lipinski definition) is 3. The van der Waals surface area contributed by atoms with Gasteiger partial charge < -0.3 is 4.74 Å². The monoisotopic (exact) mass is 332 g/mol. The van der Waals surface area contributed by atoms with E-state index in [1.165, 1.54) is 64.2 Å². The summed E-state index contributed by atoms with van der Waals surface area (Å²) in [5, 5.41) is -0.484. The van der Waals surface area contributed by atoms with Gasteiger partial charge in [-0.25, -0.2) is 0 Å². The largest absolute Gasteiger partial charge is 0.466 e. The fourth-order valence-corrected chi connectivity index (χ4v) is 2.50. The van der Waals surface area contributed by atoms with E-state index in [2.05, 4.69) is 6.92 Å². The minimum Gasteiger partial charge on any atom is -0.466 e. The fourth-order valence-electron chi connectivity index (χ4n) is 2.40. The molecule has 0 atom stereocenters. The summed E-state index contributed by atoms with van der Waals surface area (Å²) >= 11 is 5.16. The third kappa shape index (κ3) is 17.5. The van der Waals surface area contributed by atoms with E-state index in [-0.39, 0.29) is 18.8 Å². The molecule has 0 spiro atoms. The van der Waals surface area contributed by atoms with Gasteiger partial charge in [0.15, 0.2) is 0 Å². The zero-order valence-electron chi connectivity index (χ0n) is 14.2. The number of esters is 1. The lowest BCUT2D eigenvalue weighted by atomic mass is 10.1. The van der Waals surface area contributed by atoms with E-state index in [1.54, 1.807) is 0 Å². The van der Waals surface area contributed by atoms with Crippen LogP contribution in [0.3, 0.4) is 0 Å². The molecule has 3 nitrogen and oxygen atoms in total. The van der Waals surface area contributed by atoms with E-state index < -0.39 is 5.24 Å². The molecule has 0 radical (unpaired) electrons. The molecule has 0 aliphatic heterocycles. The van der Waals surface area contributed by atoms with Gasteiger partial charge in [0.25, 0.3) is 0 Å². The molecule has 4 heteroatoms. The Bertz CT molecular complexity index is 280. The summed E-state index contributed by atoms with van der Waals surface area (Å²) < 4.78 is 5.03. The Morgan fingerprint density at radius 2 is 1.18 bits per heavy atom. The van der Waals surface area contributed by atoms with Crippen LogP contribution in [0.5, 0.6) is 0 Å². The third-order valence-corrected chi connectivity index (χ3v) is 3.98. The normalized spacial score (nSPS) is 10.6. The van der Waals surface area contributed by atoms with Gasteiger partial charge in [0, 0.05) is 6.42 Å². The smallest absolute Gasteiger partial charge is 0.306 e. The second kappa shape index (κ2) is 16.8. The number of rotatable bonds is 16. The van der Waals surface area contributed by atoms with Crippen molar-refractivity contribution in [2.45, 2.75) is 96.8 Å². The number of ether oxygens (including phenoxy) is 1. The number of halogens is 1. The van der Waals surface area contributed by atoms with Crippen molar-refractivity contribution in [3.8, 4) is 0 Å². The van der Waals surface area contributed by atoms with Crippen LogP contribution in [-0.4, -0.2) is 17.8 Å². The minimum atomic E-state index is -0.484. The lowest BCUT2D eigenvalue weighted by molar-refractivity contribution is -0.144.